The second-order valence-electron chi connectivity index (χ2n) is 2.95. The van der Waals surface area contributed by atoms with Gasteiger partial charge in [0.2, 0.25) is 0 Å². The zero-order chi connectivity index (χ0) is 11.7. The molecule has 1 amide bonds. The molecule has 3 nitrogen and oxygen atoms in total. The fourth-order valence-electron chi connectivity index (χ4n) is 0.776. The summed E-state index contributed by atoms with van der Waals surface area (Å²) in [5.74, 6) is -0.219. The maximum atomic E-state index is 11.3. The summed E-state index contributed by atoms with van der Waals surface area (Å²) in [7, 11) is 1.64. The van der Waals surface area contributed by atoms with Crippen LogP contribution in [0.15, 0.2) is 41.5 Å². The second kappa shape index (κ2) is 7.79. The van der Waals surface area contributed by atoms with Crippen LogP contribution in [0.25, 0.3) is 0 Å². The lowest BCUT2D eigenvalue weighted by Crippen LogP contribution is -2.33. The van der Waals surface area contributed by atoms with Gasteiger partial charge in [-0.2, -0.15) is 0 Å². The normalized spacial score (nSPS) is 12.7. The number of allylic oxidation sites excluding steroid dienone is 4. The molecule has 0 aromatic carbocycles. The number of nitrogens with zero attached hydrogens (tertiary/aromatic N) is 1. The first kappa shape index (κ1) is 13.4. The van der Waals surface area contributed by atoms with E-state index in [1.807, 2.05) is 32.1 Å². The number of rotatable bonds is 5. The topological polar surface area (TPSA) is 41.5 Å². The first-order chi connectivity index (χ1) is 7.11. The molecular formula is C11H16BN2O. The average molecular weight is 203 g/mol. The van der Waals surface area contributed by atoms with E-state index in [2.05, 4.69) is 16.8 Å². The monoisotopic (exact) mass is 203 g/mol. The van der Waals surface area contributed by atoms with Gasteiger partial charge >= 0.3 is 0 Å². The Labute approximate surface area is 91.9 Å². The largest absolute Gasteiger partial charge is 0.394 e. The van der Waals surface area contributed by atoms with Gasteiger partial charge in [0.25, 0.3) is 13.3 Å². The van der Waals surface area contributed by atoms with E-state index >= 15 is 0 Å². The first-order valence-corrected chi connectivity index (χ1v) is 4.70. The molecule has 79 valence electrons. The fraction of sp³-hybridized carbons (Fsp3) is 0.273. The van der Waals surface area contributed by atoms with Gasteiger partial charge in [-0.3, -0.25) is 9.79 Å². The van der Waals surface area contributed by atoms with E-state index in [0.717, 1.165) is 5.47 Å². The molecule has 0 saturated carbocycles. The van der Waals surface area contributed by atoms with Gasteiger partial charge in [-0.1, -0.05) is 37.2 Å². The minimum atomic E-state index is -0.219. The minimum absolute atomic E-state index is 0.219. The van der Waals surface area contributed by atoms with Gasteiger partial charge in [0, 0.05) is 6.20 Å². The summed E-state index contributed by atoms with van der Waals surface area (Å²) in [5, 5.41) is 2.63. The van der Waals surface area contributed by atoms with Crippen LogP contribution in [0.1, 0.15) is 20.8 Å². The molecule has 1 radical (unpaired) electrons. The number of aliphatic imine (C=N–C) groups is 1. The Bertz CT molecular complexity index is 317. The van der Waals surface area contributed by atoms with Crippen LogP contribution in [0.3, 0.4) is 0 Å². The minimum Gasteiger partial charge on any atom is -0.394 e. The smallest absolute Gasteiger partial charge is 0.280 e. The molecular weight excluding hydrogens is 187 g/mol. The highest BCUT2D eigenvalue weighted by atomic mass is 16.1. The third-order valence-electron chi connectivity index (χ3n) is 1.60. The molecule has 0 aromatic heterocycles. The number of carbonyl (C=O) groups excluding carboxylic acids is 1. The Morgan fingerprint density at radius 2 is 2.13 bits per heavy atom. The summed E-state index contributed by atoms with van der Waals surface area (Å²) in [4.78, 5) is 15.1. The Morgan fingerprint density at radius 1 is 1.47 bits per heavy atom. The first-order valence-electron chi connectivity index (χ1n) is 4.70. The number of hydrogen-bond donors (Lipinski definition) is 1. The Balaban J connectivity index is 4.11. The van der Waals surface area contributed by atoms with Crippen molar-refractivity contribution >= 4 is 19.0 Å². The van der Waals surface area contributed by atoms with Gasteiger partial charge in [-0.15, -0.1) is 0 Å². The quantitative estimate of drug-likeness (QED) is 0.413. The van der Waals surface area contributed by atoms with E-state index < -0.39 is 0 Å². The third kappa shape index (κ3) is 6.49. The standard InChI is InChI=1S/C11H16BN2O/c1-5-7-8-9(3)12-14-11(15)10(4)13-6-2/h5-8H,2H2,1,3-4H3,(H,14,15)/b7-5+,9-8+,13-10?. The molecule has 0 rings (SSSR count). The van der Waals surface area contributed by atoms with Crippen molar-refractivity contribution in [2.24, 2.45) is 4.99 Å². The summed E-state index contributed by atoms with van der Waals surface area (Å²) in [5.41, 5.74) is 1.35. The van der Waals surface area contributed by atoms with Gasteiger partial charge in [-0.25, -0.2) is 0 Å². The van der Waals surface area contributed by atoms with E-state index in [4.69, 9.17) is 0 Å². The zero-order valence-corrected chi connectivity index (χ0v) is 9.45. The van der Waals surface area contributed by atoms with E-state index in [0.29, 0.717) is 5.71 Å². The molecule has 0 heterocycles. The average Bonchev–Trinajstić information content (AvgIpc) is 2.23. The summed E-state index contributed by atoms with van der Waals surface area (Å²) in [6.07, 6.45) is 7.07. The van der Waals surface area contributed by atoms with Crippen LogP contribution < -0.4 is 5.23 Å². The lowest BCUT2D eigenvalue weighted by atomic mass is 9.83. The van der Waals surface area contributed by atoms with Crippen LogP contribution in [0, 0.1) is 0 Å². The van der Waals surface area contributed by atoms with Crippen LogP contribution >= 0.6 is 0 Å². The van der Waals surface area contributed by atoms with Crippen molar-refractivity contribution in [2.75, 3.05) is 0 Å². The molecule has 0 bridgehead atoms. The maximum absolute atomic E-state index is 11.3. The second-order valence-corrected chi connectivity index (χ2v) is 2.95. The summed E-state index contributed by atoms with van der Waals surface area (Å²) >= 11 is 0. The molecule has 0 spiro atoms. The van der Waals surface area contributed by atoms with E-state index in [-0.39, 0.29) is 5.91 Å². The highest BCUT2D eigenvalue weighted by Gasteiger charge is 2.04. The molecule has 0 aliphatic heterocycles. The lowest BCUT2D eigenvalue weighted by Gasteiger charge is -2.01. The van der Waals surface area contributed by atoms with Crippen molar-refractivity contribution in [1.82, 2.24) is 5.23 Å². The van der Waals surface area contributed by atoms with Crippen LogP contribution in [-0.4, -0.2) is 19.0 Å². The van der Waals surface area contributed by atoms with Gasteiger partial charge in [0.15, 0.2) is 0 Å². The summed E-state index contributed by atoms with van der Waals surface area (Å²) < 4.78 is 0. The van der Waals surface area contributed by atoms with Crippen molar-refractivity contribution in [3.63, 3.8) is 0 Å². The summed E-state index contributed by atoms with van der Waals surface area (Å²) in [6.45, 7) is 8.89. The lowest BCUT2D eigenvalue weighted by molar-refractivity contribution is -0.113. The highest BCUT2D eigenvalue weighted by Crippen LogP contribution is 1.89. The van der Waals surface area contributed by atoms with Crippen molar-refractivity contribution < 1.29 is 4.79 Å². The van der Waals surface area contributed by atoms with E-state index in [9.17, 15) is 4.79 Å². The third-order valence-corrected chi connectivity index (χ3v) is 1.60. The number of carbonyl (C=O) groups is 1. The van der Waals surface area contributed by atoms with Crippen LogP contribution in [-0.2, 0) is 4.79 Å². The SMILES string of the molecule is C=CN=C(C)C(=O)N[B]/C(C)=C/C=C/C. The van der Waals surface area contributed by atoms with Gasteiger partial charge in [0.05, 0.1) is 0 Å². The number of hydrogen-bond acceptors (Lipinski definition) is 2. The highest BCUT2D eigenvalue weighted by molar-refractivity contribution is 6.53. The maximum Gasteiger partial charge on any atom is 0.280 e. The van der Waals surface area contributed by atoms with E-state index in [1.54, 1.807) is 14.3 Å². The Morgan fingerprint density at radius 3 is 2.67 bits per heavy atom. The van der Waals surface area contributed by atoms with Crippen LogP contribution in [0.5, 0.6) is 0 Å². The molecule has 0 aliphatic carbocycles. The molecule has 0 aliphatic rings. The van der Waals surface area contributed by atoms with Gasteiger partial charge in [-0.05, 0) is 13.8 Å². The predicted octanol–water partition coefficient (Wildman–Crippen LogP) is 1.81. The Hall–Kier alpha value is -1.58. The van der Waals surface area contributed by atoms with Crippen LogP contribution in [0.2, 0.25) is 0 Å². The molecule has 4 heteroatoms. The predicted molar refractivity (Wildman–Crippen MR) is 65.8 cm³/mol. The molecule has 0 unspecified atom stereocenters. The number of amides is 1. The molecule has 0 atom stereocenters. The fourth-order valence-corrected chi connectivity index (χ4v) is 0.776. The molecule has 0 fully saturated rings. The summed E-state index contributed by atoms with van der Waals surface area (Å²) in [6, 6.07) is 0. The van der Waals surface area contributed by atoms with E-state index in [1.165, 1.54) is 6.20 Å². The van der Waals surface area contributed by atoms with Crippen molar-refractivity contribution in [2.45, 2.75) is 20.8 Å². The van der Waals surface area contributed by atoms with Crippen molar-refractivity contribution in [3.05, 3.63) is 36.5 Å². The van der Waals surface area contributed by atoms with Crippen molar-refractivity contribution in [3.8, 4) is 0 Å². The zero-order valence-electron chi connectivity index (χ0n) is 9.45. The van der Waals surface area contributed by atoms with Crippen LogP contribution in [0.4, 0.5) is 0 Å². The van der Waals surface area contributed by atoms with Crippen molar-refractivity contribution in [1.29, 1.82) is 0 Å². The number of nitrogens with one attached hydrogen (secondary N) is 1. The molecule has 15 heavy (non-hydrogen) atoms. The van der Waals surface area contributed by atoms with Gasteiger partial charge < -0.3 is 5.23 Å². The molecule has 0 aromatic rings. The Kier molecular flexibility index (Phi) is 6.98. The molecule has 0 saturated heterocycles. The van der Waals surface area contributed by atoms with Gasteiger partial charge in [0.1, 0.15) is 5.71 Å². The molecule has 1 N–H and O–H groups in total.